The highest BCUT2D eigenvalue weighted by Gasteiger charge is 2.35. The number of ether oxygens (including phenoxy) is 1. The van der Waals surface area contributed by atoms with E-state index in [-0.39, 0.29) is 5.54 Å². The molecule has 1 aliphatic heterocycles. The van der Waals surface area contributed by atoms with E-state index in [4.69, 9.17) is 15.6 Å². The lowest BCUT2D eigenvalue weighted by atomic mass is 10.00. The minimum atomic E-state index is -0.238. The fraction of sp³-hybridized carbons (Fsp3) is 0.769. The number of nitrogens with zero attached hydrogens (tertiary/aromatic N) is 4. The summed E-state index contributed by atoms with van der Waals surface area (Å²) in [5.41, 5.74) is 6.26. The van der Waals surface area contributed by atoms with Crippen molar-refractivity contribution in [3.05, 3.63) is 10.8 Å². The van der Waals surface area contributed by atoms with Gasteiger partial charge in [0, 0.05) is 19.1 Å². The highest BCUT2D eigenvalue weighted by atomic mass is 32.1. The van der Waals surface area contributed by atoms with E-state index in [1.54, 1.807) is 11.3 Å². The van der Waals surface area contributed by atoms with Gasteiger partial charge in [-0.25, -0.2) is 0 Å². The molecule has 0 atom stereocenters. The quantitative estimate of drug-likeness (QED) is 0.913. The summed E-state index contributed by atoms with van der Waals surface area (Å²) in [5, 5.41) is 14.4. The topological polar surface area (TPSA) is 78.3 Å². The van der Waals surface area contributed by atoms with Crippen LogP contribution in [0.5, 0.6) is 0 Å². The lowest BCUT2D eigenvalue weighted by Gasteiger charge is -2.20. The zero-order valence-electron chi connectivity index (χ0n) is 11.4. The van der Waals surface area contributed by atoms with Gasteiger partial charge in [-0.05, 0) is 25.7 Å². The van der Waals surface area contributed by atoms with Crippen LogP contribution in [0.3, 0.4) is 0 Å². The molecule has 0 aromatic carbocycles. The Kier molecular flexibility index (Phi) is 3.01. The van der Waals surface area contributed by atoms with Gasteiger partial charge in [-0.15, -0.1) is 10.2 Å². The molecule has 1 aliphatic carbocycles. The van der Waals surface area contributed by atoms with Gasteiger partial charge in [0.15, 0.2) is 5.82 Å². The molecule has 2 aromatic heterocycles. The van der Waals surface area contributed by atoms with Gasteiger partial charge in [0.05, 0.1) is 5.54 Å². The lowest BCUT2D eigenvalue weighted by molar-refractivity contribution is 0.0831. The molecule has 3 heterocycles. The third kappa shape index (κ3) is 1.96. The van der Waals surface area contributed by atoms with Gasteiger partial charge in [0.25, 0.3) is 0 Å². The molecule has 20 heavy (non-hydrogen) atoms. The number of aromatic nitrogens is 4. The van der Waals surface area contributed by atoms with Crippen LogP contribution in [0.1, 0.15) is 55.3 Å². The van der Waals surface area contributed by atoms with Crippen molar-refractivity contribution in [1.82, 2.24) is 19.8 Å². The zero-order chi connectivity index (χ0) is 13.6. The second-order valence-electron chi connectivity index (χ2n) is 5.91. The average Bonchev–Trinajstić information content (AvgIpc) is 3.14. The molecule has 0 spiro atoms. The molecule has 108 valence electrons. The maximum absolute atomic E-state index is 6.50. The first-order valence-corrected chi connectivity index (χ1v) is 8.17. The highest BCUT2D eigenvalue weighted by Crippen LogP contribution is 2.38. The Labute approximate surface area is 121 Å². The fourth-order valence-electron chi connectivity index (χ4n) is 3.26. The minimum Gasteiger partial charge on any atom is -0.381 e. The predicted molar refractivity (Wildman–Crippen MR) is 75.8 cm³/mol. The SMILES string of the molecule is NC1(c2nn3c(C4CCOCC4)nnc3s2)CCCC1. The smallest absolute Gasteiger partial charge is 0.234 e. The monoisotopic (exact) mass is 293 g/mol. The lowest BCUT2D eigenvalue weighted by Crippen LogP contribution is -2.33. The predicted octanol–water partition coefficient (Wildman–Crippen LogP) is 1.81. The second-order valence-corrected chi connectivity index (χ2v) is 6.87. The average molecular weight is 293 g/mol. The summed E-state index contributed by atoms with van der Waals surface area (Å²) in [4.78, 5) is 0.873. The Balaban J connectivity index is 1.71. The summed E-state index contributed by atoms with van der Waals surface area (Å²) in [6.45, 7) is 1.61. The van der Waals surface area contributed by atoms with E-state index in [9.17, 15) is 0 Å². The van der Waals surface area contributed by atoms with Crippen molar-refractivity contribution >= 4 is 16.3 Å². The molecule has 1 saturated carbocycles. The van der Waals surface area contributed by atoms with E-state index in [0.717, 1.165) is 54.7 Å². The molecule has 2 aromatic rings. The van der Waals surface area contributed by atoms with E-state index in [1.165, 1.54) is 12.8 Å². The summed E-state index contributed by atoms with van der Waals surface area (Å²) < 4.78 is 7.34. The first kappa shape index (κ1) is 12.7. The largest absolute Gasteiger partial charge is 0.381 e. The van der Waals surface area contributed by atoms with Crippen molar-refractivity contribution in [2.45, 2.75) is 50.0 Å². The second kappa shape index (κ2) is 4.75. The van der Waals surface area contributed by atoms with E-state index in [0.29, 0.717) is 5.92 Å². The molecule has 0 radical (unpaired) electrons. The van der Waals surface area contributed by atoms with E-state index >= 15 is 0 Å². The van der Waals surface area contributed by atoms with Crippen molar-refractivity contribution in [2.75, 3.05) is 13.2 Å². The zero-order valence-corrected chi connectivity index (χ0v) is 12.2. The summed E-state index contributed by atoms with van der Waals surface area (Å²) in [5.74, 6) is 1.39. The summed E-state index contributed by atoms with van der Waals surface area (Å²) in [6, 6.07) is 0. The van der Waals surface area contributed by atoms with Crippen molar-refractivity contribution in [2.24, 2.45) is 5.73 Å². The van der Waals surface area contributed by atoms with Crippen LogP contribution in [-0.2, 0) is 10.3 Å². The van der Waals surface area contributed by atoms with Gasteiger partial charge < -0.3 is 10.5 Å². The molecule has 2 aliphatic rings. The van der Waals surface area contributed by atoms with Crippen molar-refractivity contribution < 1.29 is 4.74 Å². The number of fused-ring (bicyclic) bond motifs is 1. The Morgan fingerprint density at radius 3 is 2.70 bits per heavy atom. The minimum absolute atomic E-state index is 0.238. The van der Waals surface area contributed by atoms with E-state index in [1.807, 2.05) is 4.52 Å². The third-order valence-corrected chi connectivity index (χ3v) is 5.64. The number of hydrogen-bond acceptors (Lipinski definition) is 6. The Morgan fingerprint density at radius 2 is 1.95 bits per heavy atom. The summed E-state index contributed by atoms with van der Waals surface area (Å²) in [7, 11) is 0. The van der Waals surface area contributed by atoms with Crippen LogP contribution in [0, 0.1) is 0 Å². The molecular weight excluding hydrogens is 274 g/mol. The van der Waals surface area contributed by atoms with Gasteiger partial charge in [-0.2, -0.15) is 9.61 Å². The molecule has 2 fully saturated rings. The molecule has 0 bridgehead atoms. The van der Waals surface area contributed by atoms with Crippen LogP contribution >= 0.6 is 11.3 Å². The summed E-state index contributed by atoms with van der Waals surface area (Å²) >= 11 is 1.60. The molecule has 6 nitrogen and oxygen atoms in total. The van der Waals surface area contributed by atoms with E-state index < -0.39 is 0 Å². The van der Waals surface area contributed by atoms with Crippen LogP contribution in [-0.4, -0.2) is 33.0 Å². The molecule has 7 heteroatoms. The number of rotatable bonds is 2. The normalized spacial score (nSPS) is 23.6. The van der Waals surface area contributed by atoms with Crippen LogP contribution in [0.25, 0.3) is 4.96 Å². The highest BCUT2D eigenvalue weighted by molar-refractivity contribution is 7.16. The first-order valence-electron chi connectivity index (χ1n) is 7.35. The van der Waals surface area contributed by atoms with Gasteiger partial charge in [-0.1, -0.05) is 24.2 Å². The first-order chi connectivity index (χ1) is 9.76. The van der Waals surface area contributed by atoms with Crippen molar-refractivity contribution in [3.8, 4) is 0 Å². The molecule has 4 rings (SSSR count). The van der Waals surface area contributed by atoms with Gasteiger partial charge in [0.1, 0.15) is 5.01 Å². The molecule has 2 N–H and O–H groups in total. The third-order valence-electron chi connectivity index (χ3n) is 4.52. The Morgan fingerprint density at radius 1 is 1.20 bits per heavy atom. The van der Waals surface area contributed by atoms with Gasteiger partial charge >= 0.3 is 0 Å². The maximum Gasteiger partial charge on any atom is 0.234 e. The standard InChI is InChI=1S/C13H19N5OS/c14-13(5-1-2-6-13)11-17-18-10(15-16-12(18)20-11)9-3-7-19-8-4-9/h9H,1-8,14H2. The van der Waals surface area contributed by atoms with Crippen LogP contribution in [0.4, 0.5) is 0 Å². The van der Waals surface area contributed by atoms with Gasteiger partial charge in [-0.3, -0.25) is 0 Å². The van der Waals surface area contributed by atoms with E-state index in [2.05, 4.69) is 10.2 Å². The number of nitrogens with two attached hydrogens (primary N) is 1. The number of hydrogen-bond donors (Lipinski definition) is 1. The molecule has 0 unspecified atom stereocenters. The van der Waals surface area contributed by atoms with Crippen molar-refractivity contribution in [1.29, 1.82) is 0 Å². The van der Waals surface area contributed by atoms with Gasteiger partial charge in [0.2, 0.25) is 4.96 Å². The maximum atomic E-state index is 6.50. The Bertz CT molecular complexity index is 609. The molecule has 0 amide bonds. The van der Waals surface area contributed by atoms with Crippen LogP contribution in [0.2, 0.25) is 0 Å². The molecular formula is C13H19N5OS. The fourth-order valence-corrected chi connectivity index (χ4v) is 4.27. The summed E-state index contributed by atoms with van der Waals surface area (Å²) in [6.07, 6.45) is 6.46. The van der Waals surface area contributed by atoms with Crippen molar-refractivity contribution in [3.63, 3.8) is 0 Å². The van der Waals surface area contributed by atoms with Crippen LogP contribution < -0.4 is 5.73 Å². The Hall–Kier alpha value is -1.05. The van der Waals surface area contributed by atoms with Crippen LogP contribution in [0.15, 0.2) is 0 Å². The molecule has 1 saturated heterocycles.